The first-order valence-electron chi connectivity index (χ1n) is 15.3. The van der Waals surface area contributed by atoms with Gasteiger partial charge in [-0.15, -0.1) is 22.7 Å². The van der Waals surface area contributed by atoms with Crippen molar-refractivity contribution in [1.82, 2.24) is 0 Å². The molecule has 0 fully saturated rings. The molecule has 3 heteroatoms. The van der Waals surface area contributed by atoms with Crippen molar-refractivity contribution >= 4 is 27.7 Å². The normalized spacial score (nSPS) is 15.9. The maximum atomic E-state index is 2.85. The molecule has 0 bridgehead atoms. The van der Waals surface area contributed by atoms with Crippen molar-refractivity contribution in [2.45, 2.75) is 125 Å². The molecule has 0 radical (unpaired) electrons. The number of nitrogens with zero attached hydrogens (tertiary/aromatic N) is 1. The standard InChI is InChI=1S/C33H55NS2/c1-9-13-15-26(11-3)22-34(23-27(12-4)16-14-10-2)30-19-29-32(36-30)31-28(17-18-35-31)33(29,20-24(5)6)21-25(7)8/h17-19,24-27H,9-16,20-23H2,1-8H3. The minimum Gasteiger partial charge on any atom is -0.363 e. The minimum absolute atomic E-state index is 0.201. The molecule has 1 aliphatic carbocycles. The molecule has 1 nitrogen and oxygen atoms in total. The topological polar surface area (TPSA) is 3.24 Å². The van der Waals surface area contributed by atoms with E-state index in [0.29, 0.717) is 11.8 Å². The number of rotatable bonds is 17. The van der Waals surface area contributed by atoms with Gasteiger partial charge in [0.2, 0.25) is 0 Å². The summed E-state index contributed by atoms with van der Waals surface area (Å²) in [5.74, 6) is 3.00. The van der Waals surface area contributed by atoms with Crippen molar-refractivity contribution in [2.24, 2.45) is 23.7 Å². The molecule has 0 spiro atoms. The Morgan fingerprint density at radius 1 is 0.778 bits per heavy atom. The van der Waals surface area contributed by atoms with E-state index in [9.17, 15) is 0 Å². The van der Waals surface area contributed by atoms with Crippen LogP contribution in [0.15, 0.2) is 17.5 Å². The summed E-state index contributed by atoms with van der Waals surface area (Å²) in [7, 11) is 0. The highest BCUT2D eigenvalue weighted by Gasteiger charge is 2.46. The zero-order valence-corrected chi connectivity index (χ0v) is 26.4. The third-order valence-electron chi connectivity index (χ3n) is 8.49. The summed E-state index contributed by atoms with van der Waals surface area (Å²) in [6, 6.07) is 5.14. The van der Waals surface area contributed by atoms with E-state index in [2.05, 4.69) is 89.1 Å². The molecule has 2 heterocycles. The van der Waals surface area contributed by atoms with E-state index in [1.54, 1.807) is 25.9 Å². The van der Waals surface area contributed by atoms with E-state index in [1.165, 1.54) is 77.3 Å². The second-order valence-corrected chi connectivity index (χ2v) is 14.5. The summed E-state index contributed by atoms with van der Waals surface area (Å²) in [4.78, 5) is 6.03. The zero-order chi connectivity index (χ0) is 26.3. The van der Waals surface area contributed by atoms with Crippen molar-refractivity contribution in [3.8, 4) is 9.75 Å². The van der Waals surface area contributed by atoms with Gasteiger partial charge < -0.3 is 4.90 Å². The summed E-state index contributed by atoms with van der Waals surface area (Å²) in [6.45, 7) is 21.7. The number of thiophene rings is 2. The van der Waals surface area contributed by atoms with E-state index in [0.717, 1.165) is 11.8 Å². The van der Waals surface area contributed by atoms with Crippen LogP contribution in [0.2, 0.25) is 0 Å². The quantitative estimate of drug-likeness (QED) is 0.197. The molecule has 1 aliphatic rings. The summed E-state index contributed by atoms with van der Waals surface area (Å²) >= 11 is 4.11. The molecule has 3 rings (SSSR count). The molecular formula is C33H55NS2. The lowest BCUT2D eigenvalue weighted by molar-refractivity contribution is 0.338. The van der Waals surface area contributed by atoms with Gasteiger partial charge in [0.1, 0.15) is 0 Å². The molecule has 2 unspecified atom stereocenters. The summed E-state index contributed by atoms with van der Waals surface area (Å²) in [5.41, 5.74) is 3.50. The van der Waals surface area contributed by atoms with Crippen molar-refractivity contribution < 1.29 is 0 Å². The predicted octanol–water partition coefficient (Wildman–Crippen LogP) is 11.4. The fraction of sp³-hybridized carbons (Fsp3) is 0.758. The highest BCUT2D eigenvalue weighted by molar-refractivity contribution is 7.24. The monoisotopic (exact) mass is 529 g/mol. The van der Waals surface area contributed by atoms with Crippen LogP contribution in [0.5, 0.6) is 0 Å². The van der Waals surface area contributed by atoms with Gasteiger partial charge in [0.15, 0.2) is 0 Å². The van der Waals surface area contributed by atoms with Crippen molar-refractivity contribution in [3.05, 3.63) is 28.6 Å². The van der Waals surface area contributed by atoms with Gasteiger partial charge in [0.25, 0.3) is 0 Å². The lowest BCUT2D eigenvalue weighted by Crippen LogP contribution is -2.34. The fourth-order valence-electron chi connectivity index (χ4n) is 6.69. The average molecular weight is 530 g/mol. The Morgan fingerprint density at radius 3 is 1.81 bits per heavy atom. The van der Waals surface area contributed by atoms with Crippen molar-refractivity contribution in [1.29, 1.82) is 0 Å². The third kappa shape index (κ3) is 6.79. The number of hydrogen-bond acceptors (Lipinski definition) is 3. The number of anilines is 1. The van der Waals surface area contributed by atoms with E-state index in [4.69, 9.17) is 0 Å². The Kier molecular flexibility index (Phi) is 11.4. The Bertz CT molecular complexity index is 877. The van der Waals surface area contributed by atoms with Crippen LogP contribution in [-0.4, -0.2) is 13.1 Å². The van der Waals surface area contributed by atoms with E-state index < -0.39 is 0 Å². The molecule has 2 aromatic heterocycles. The lowest BCUT2D eigenvalue weighted by atomic mass is 9.68. The average Bonchev–Trinajstić information content (AvgIpc) is 3.53. The first-order chi connectivity index (χ1) is 17.3. The van der Waals surface area contributed by atoms with Crippen molar-refractivity contribution in [3.63, 3.8) is 0 Å². The summed E-state index contributed by atoms with van der Waals surface area (Å²) in [5, 5.41) is 3.91. The molecule has 0 amide bonds. The van der Waals surface area contributed by atoms with Gasteiger partial charge in [-0.25, -0.2) is 0 Å². The molecule has 2 atom stereocenters. The Morgan fingerprint density at radius 2 is 1.33 bits per heavy atom. The van der Waals surface area contributed by atoms with Crippen LogP contribution in [0.4, 0.5) is 5.00 Å². The van der Waals surface area contributed by atoms with Crippen LogP contribution in [0, 0.1) is 23.7 Å². The largest absolute Gasteiger partial charge is 0.363 e. The van der Waals surface area contributed by atoms with Gasteiger partial charge in [0.05, 0.1) is 9.88 Å². The minimum atomic E-state index is 0.201. The van der Waals surface area contributed by atoms with E-state index in [1.807, 2.05) is 11.3 Å². The number of hydrogen-bond donors (Lipinski definition) is 0. The maximum Gasteiger partial charge on any atom is 0.0918 e. The fourth-order valence-corrected chi connectivity index (χ4v) is 9.14. The van der Waals surface area contributed by atoms with Crippen LogP contribution in [0.3, 0.4) is 0 Å². The molecular weight excluding hydrogens is 475 g/mol. The first-order valence-corrected chi connectivity index (χ1v) is 17.0. The van der Waals surface area contributed by atoms with Crippen LogP contribution in [0.1, 0.15) is 131 Å². The van der Waals surface area contributed by atoms with E-state index in [-0.39, 0.29) is 5.41 Å². The second kappa shape index (κ2) is 13.8. The number of unbranched alkanes of at least 4 members (excludes halogenated alkanes) is 2. The SMILES string of the molecule is CCCCC(CC)CN(CC(CC)CCCC)c1cc2c(s1)-c1sccc1C2(CC(C)C)CC(C)C. The van der Waals surface area contributed by atoms with E-state index >= 15 is 0 Å². The van der Waals surface area contributed by atoms with Crippen LogP contribution < -0.4 is 4.90 Å². The van der Waals surface area contributed by atoms with Crippen LogP contribution in [-0.2, 0) is 5.41 Å². The number of fused-ring (bicyclic) bond motifs is 3. The maximum absolute atomic E-state index is 2.85. The Hall–Kier alpha value is -0.800. The van der Waals surface area contributed by atoms with Crippen LogP contribution >= 0.6 is 22.7 Å². The predicted molar refractivity (Wildman–Crippen MR) is 166 cm³/mol. The van der Waals surface area contributed by atoms with Gasteiger partial charge in [0, 0.05) is 23.4 Å². The first kappa shape index (κ1) is 29.8. The Balaban J connectivity index is 2.03. The van der Waals surface area contributed by atoms with Gasteiger partial charge in [-0.05, 0) is 78.0 Å². The van der Waals surface area contributed by atoms with Crippen LogP contribution in [0.25, 0.3) is 9.75 Å². The molecule has 0 saturated heterocycles. The summed E-state index contributed by atoms with van der Waals surface area (Å²) < 4.78 is 0. The zero-order valence-electron chi connectivity index (χ0n) is 24.8. The molecule has 0 aromatic carbocycles. The Labute approximate surface area is 232 Å². The lowest BCUT2D eigenvalue weighted by Gasteiger charge is -2.35. The molecule has 36 heavy (non-hydrogen) atoms. The highest BCUT2D eigenvalue weighted by atomic mass is 32.1. The second-order valence-electron chi connectivity index (χ2n) is 12.5. The summed E-state index contributed by atoms with van der Waals surface area (Å²) in [6.07, 6.45) is 13.2. The molecule has 0 saturated carbocycles. The van der Waals surface area contributed by atoms with Gasteiger partial charge in [-0.1, -0.05) is 93.9 Å². The highest BCUT2D eigenvalue weighted by Crippen LogP contribution is 2.60. The third-order valence-corrected chi connectivity index (χ3v) is 10.8. The molecule has 2 aromatic rings. The van der Waals surface area contributed by atoms with Gasteiger partial charge in [-0.3, -0.25) is 0 Å². The smallest absolute Gasteiger partial charge is 0.0918 e. The van der Waals surface area contributed by atoms with Crippen molar-refractivity contribution in [2.75, 3.05) is 18.0 Å². The molecule has 204 valence electrons. The molecule has 0 aliphatic heterocycles. The van der Waals surface area contributed by atoms with Gasteiger partial charge >= 0.3 is 0 Å². The molecule has 0 N–H and O–H groups in total. The van der Waals surface area contributed by atoms with Gasteiger partial charge in [-0.2, -0.15) is 0 Å².